The maximum atomic E-state index is 12.4. The van der Waals surface area contributed by atoms with E-state index in [9.17, 15) is 4.79 Å². The molecule has 1 amide bonds. The van der Waals surface area contributed by atoms with Gasteiger partial charge in [-0.2, -0.15) is 0 Å². The van der Waals surface area contributed by atoms with E-state index in [0.29, 0.717) is 11.7 Å². The van der Waals surface area contributed by atoms with Crippen LogP contribution >= 0.6 is 0 Å². The van der Waals surface area contributed by atoms with Gasteiger partial charge in [-0.3, -0.25) is 4.79 Å². The van der Waals surface area contributed by atoms with Crippen LogP contribution < -0.4 is 5.73 Å². The van der Waals surface area contributed by atoms with Gasteiger partial charge in [0.05, 0.1) is 0 Å². The number of nitrogens with zero attached hydrogens (tertiary/aromatic N) is 1. The summed E-state index contributed by atoms with van der Waals surface area (Å²) in [6.07, 6.45) is 4.54. The van der Waals surface area contributed by atoms with Crippen molar-refractivity contribution in [3.05, 3.63) is 29.8 Å². The van der Waals surface area contributed by atoms with Crippen molar-refractivity contribution < 1.29 is 4.79 Å². The summed E-state index contributed by atoms with van der Waals surface area (Å²) in [4.78, 5) is 14.4. The van der Waals surface area contributed by atoms with Crippen molar-refractivity contribution in [3.8, 4) is 0 Å². The lowest BCUT2D eigenvalue weighted by Crippen LogP contribution is -2.43. The molecule has 1 atom stereocenters. The van der Waals surface area contributed by atoms with Crippen molar-refractivity contribution in [2.75, 3.05) is 12.3 Å². The van der Waals surface area contributed by atoms with E-state index in [4.69, 9.17) is 5.73 Å². The summed E-state index contributed by atoms with van der Waals surface area (Å²) in [5.41, 5.74) is 7.08. The largest absolute Gasteiger partial charge is 0.399 e. The summed E-state index contributed by atoms with van der Waals surface area (Å²) in [6, 6.07) is 7.63. The molecule has 17 heavy (non-hydrogen) atoms. The first-order valence-electron chi connectivity index (χ1n) is 6.39. The van der Waals surface area contributed by atoms with Crippen LogP contribution in [0.1, 0.15) is 43.0 Å². The number of benzene rings is 1. The van der Waals surface area contributed by atoms with Crippen LogP contribution in [0.3, 0.4) is 0 Å². The average molecular weight is 232 g/mol. The highest BCUT2D eigenvalue weighted by Gasteiger charge is 2.25. The lowest BCUT2D eigenvalue weighted by atomic mass is 9.99. The molecule has 1 aliphatic heterocycles. The highest BCUT2D eigenvalue weighted by atomic mass is 16.2. The van der Waals surface area contributed by atoms with E-state index in [1.165, 1.54) is 6.42 Å². The van der Waals surface area contributed by atoms with Crippen molar-refractivity contribution in [2.45, 2.75) is 38.6 Å². The van der Waals surface area contributed by atoms with Gasteiger partial charge in [-0.1, -0.05) is 6.92 Å². The van der Waals surface area contributed by atoms with E-state index >= 15 is 0 Å². The highest BCUT2D eigenvalue weighted by Crippen LogP contribution is 2.22. The molecule has 3 nitrogen and oxygen atoms in total. The van der Waals surface area contributed by atoms with Gasteiger partial charge in [-0.05, 0) is 49.9 Å². The number of amides is 1. The van der Waals surface area contributed by atoms with Gasteiger partial charge in [-0.15, -0.1) is 0 Å². The molecule has 1 saturated heterocycles. The molecule has 0 spiro atoms. The number of nitrogens with two attached hydrogens (primary N) is 1. The molecule has 0 bridgehead atoms. The first-order chi connectivity index (χ1) is 8.22. The second-order valence-corrected chi connectivity index (χ2v) is 4.68. The zero-order chi connectivity index (χ0) is 12.3. The number of nitrogen functional groups attached to an aromatic ring is 1. The fourth-order valence-electron chi connectivity index (χ4n) is 2.48. The fourth-order valence-corrected chi connectivity index (χ4v) is 2.48. The summed E-state index contributed by atoms with van der Waals surface area (Å²) in [5, 5.41) is 0. The maximum Gasteiger partial charge on any atom is 0.254 e. The van der Waals surface area contributed by atoms with Gasteiger partial charge in [0.1, 0.15) is 0 Å². The summed E-state index contributed by atoms with van der Waals surface area (Å²) in [6.45, 7) is 3.04. The molecular weight excluding hydrogens is 212 g/mol. The molecule has 0 saturated carbocycles. The van der Waals surface area contributed by atoms with Crippen molar-refractivity contribution >= 4 is 11.6 Å². The summed E-state index contributed by atoms with van der Waals surface area (Å²) in [5.74, 6) is 0.150. The zero-order valence-electron chi connectivity index (χ0n) is 10.4. The number of carbonyl (C=O) groups excluding carboxylic acids is 1. The Bertz CT molecular complexity index is 386. The topological polar surface area (TPSA) is 46.3 Å². The van der Waals surface area contributed by atoms with Gasteiger partial charge in [-0.25, -0.2) is 0 Å². The first kappa shape index (κ1) is 12.0. The second-order valence-electron chi connectivity index (χ2n) is 4.68. The Labute approximate surface area is 103 Å². The molecule has 3 heteroatoms. The minimum atomic E-state index is 0.150. The molecule has 1 aliphatic rings. The number of likely N-dealkylation sites (tertiary alicyclic amines) is 1. The van der Waals surface area contributed by atoms with Crippen LogP contribution in [0.5, 0.6) is 0 Å². The Kier molecular flexibility index (Phi) is 3.67. The van der Waals surface area contributed by atoms with Crippen molar-refractivity contribution in [3.63, 3.8) is 0 Å². The fraction of sp³-hybridized carbons (Fsp3) is 0.500. The molecule has 1 aromatic rings. The third-order valence-corrected chi connectivity index (χ3v) is 3.52. The maximum absolute atomic E-state index is 12.4. The van der Waals surface area contributed by atoms with E-state index in [1.807, 2.05) is 17.0 Å². The molecule has 1 fully saturated rings. The van der Waals surface area contributed by atoms with Crippen LogP contribution in [0.15, 0.2) is 24.3 Å². The normalized spacial score (nSPS) is 20.3. The zero-order valence-corrected chi connectivity index (χ0v) is 10.4. The number of piperidine rings is 1. The monoisotopic (exact) mass is 232 g/mol. The van der Waals surface area contributed by atoms with Crippen LogP contribution in [-0.4, -0.2) is 23.4 Å². The molecule has 1 unspecified atom stereocenters. The average Bonchev–Trinajstić information content (AvgIpc) is 2.39. The van der Waals surface area contributed by atoms with Gasteiger partial charge in [0, 0.05) is 23.8 Å². The van der Waals surface area contributed by atoms with E-state index in [2.05, 4.69) is 6.92 Å². The number of carbonyl (C=O) groups is 1. The number of hydrogen-bond acceptors (Lipinski definition) is 2. The molecule has 1 aromatic carbocycles. The predicted octanol–water partition coefficient (Wildman–Crippen LogP) is 2.67. The number of hydrogen-bond donors (Lipinski definition) is 1. The SMILES string of the molecule is CCC1CCCCN1C(=O)c1ccc(N)cc1. The smallest absolute Gasteiger partial charge is 0.254 e. The van der Waals surface area contributed by atoms with E-state index in [-0.39, 0.29) is 5.91 Å². The van der Waals surface area contributed by atoms with Gasteiger partial charge < -0.3 is 10.6 Å². The molecule has 92 valence electrons. The van der Waals surface area contributed by atoms with Crippen molar-refractivity contribution in [1.82, 2.24) is 4.90 Å². The Hall–Kier alpha value is -1.51. The molecule has 0 aliphatic carbocycles. The second kappa shape index (κ2) is 5.21. The summed E-state index contributed by atoms with van der Waals surface area (Å²) >= 11 is 0. The molecule has 2 N–H and O–H groups in total. The van der Waals surface area contributed by atoms with E-state index < -0.39 is 0 Å². The van der Waals surface area contributed by atoms with Crippen LogP contribution in [-0.2, 0) is 0 Å². The third kappa shape index (κ3) is 2.60. The quantitative estimate of drug-likeness (QED) is 0.797. The Morgan fingerprint density at radius 2 is 2.06 bits per heavy atom. The Balaban J connectivity index is 2.15. The predicted molar refractivity (Wildman–Crippen MR) is 69.8 cm³/mol. The number of rotatable bonds is 2. The minimum absolute atomic E-state index is 0.150. The van der Waals surface area contributed by atoms with Crippen LogP contribution in [0.25, 0.3) is 0 Å². The molecule has 1 heterocycles. The number of anilines is 1. The van der Waals surface area contributed by atoms with Crippen LogP contribution in [0, 0.1) is 0 Å². The van der Waals surface area contributed by atoms with Gasteiger partial charge in [0.25, 0.3) is 5.91 Å². The summed E-state index contributed by atoms with van der Waals surface area (Å²) < 4.78 is 0. The lowest BCUT2D eigenvalue weighted by molar-refractivity contribution is 0.0608. The van der Waals surface area contributed by atoms with E-state index in [1.54, 1.807) is 12.1 Å². The first-order valence-corrected chi connectivity index (χ1v) is 6.39. The van der Waals surface area contributed by atoms with Crippen molar-refractivity contribution in [1.29, 1.82) is 0 Å². The lowest BCUT2D eigenvalue weighted by Gasteiger charge is -2.35. The van der Waals surface area contributed by atoms with Gasteiger partial charge >= 0.3 is 0 Å². The van der Waals surface area contributed by atoms with Crippen LogP contribution in [0.2, 0.25) is 0 Å². The molecule has 2 rings (SSSR count). The summed E-state index contributed by atoms with van der Waals surface area (Å²) in [7, 11) is 0. The van der Waals surface area contributed by atoms with Crippen LogP contribution in [0.4, 0.5) is 5.69 Å². The molecular formula is C14H20N2O. The standard InChI is InChI=1S/C14H20N2O/c1-2-13-5-3-4-10-16(13)14(17)11-6-8-12(15)9-7-11/h6-9,13H,2-5,10,15H2,1H3. The van der Waals surface area contributed by atoms with Gasteiger partial charge in [0.2, 0.25) is 0 Å². The Morgan fingerprint density at radius 3 is 2.71 bits per heavy atom. The highest BCUT2D eigenvalue weighted by molar-refractivity contribution is 5.94. The van der Waals surface area contributed by atoms with E-state index in [0.717, 1.165) is 31.4 Å². The minimum Gasteiger partial charge on any atom is -0.399 e. The molecule has 0 aromatic heterocycles. The van der Waals surface area contributed by atoms with Crippen molar-refractivity contribution in [2.24, 2.45) is 0 Å². The van der Waals surface area contributed by atoms with Gasteiger partial charge in [0.15, 0.2) is 0 Å². The molecule has 0 radical (unpaired) electrons. The third-order valence-electron chi connectivity index (χ3n) is 3.52. The Morgan fingerprint density at radius 1 is 1.35 bits per heavy atom.